The number of carbonyl (C=O) groups excluding carboxylic acids is 1. The van der Waals surface area contributed by atoms with Gasteiger partial charge in [-0.3, -0.25) is 0 Å². The molecule has 0 radical (unpaired) electrons. The molecule has 0 bridgehead atoms. The summed E-state index contributed by atoms with van der Waals surface area (Å²) in [5.41, 5.74) is 2.39. The molecule has 1 N–H and O–H groups in total. The molecule has 0 aliphatic rings. The first-order valence-electron chi connectivity index (χ1n) is 10.0. The summed E-state index contributed by atoms with van der Waals surface area (Å²) in [5.74, 6) is 0.541. The van der Waals surface area contributed by atoms with E-state index in [-0.39, 0.29) is 12.3 Å². The van der Waals surface area contributed by atoms with E-state index >= 15 is 0 Å². The summed E-state index contributed by atoms with van der Waals surface area (Å²) in [5, 5.41) is 17.0. The molecule has 0 saturated carbocycles. The van der Waals surface area contributed by atoms with Crippen LogP contribution in [0.4, 0.5) is 5.69 Å². The highest BCUT2D eigenvalue weighted by atomic mass is 16.5. The van der Waals surface area contributed by atoms with Crippen LogP contribution in [0.2, 0.25) is 0 Å². The number of hydrogen-bond acceptors (Lipinski definition) is 6. The Hall–Kier alpha value is -4.31. The van der Waals surface area contributed by atoms with Crippen LogP contribution in [-0.2, 0) is 9.47 Å². The summed E-state index contributed by atoms with van der Waals surface area (Å²) >= 11 is 0. The fourth-order valence-electron chi connectivity index (χ4n) is 2.76. The molecule has 0 unspecified atom stereocenters. The summed E-state index contributed by atoms with van der Waals surface area (Å²) in [6.07, 6.45) is 13.7. The SMILES string of the molecule is C=C/C=C(\C=C/C)OC(=C)/C=C\C(=C/C)Nc1c(C#N)cnn2c(C(=O)OCC)ccc12. The predicted molar refractivity (Wildman–Crippen MR) is 126 cm³/mol. The van der Waals surface area contributed by atoms with Crippen molar-refractivity contribution in [1.82, 2.24) is 9.61 Å². The molecular weight excluding hydrogens is 404 g/mol. The van der Waals surface area contributed by atoms with Gasteiger partial charge in [0.25, 0.3) is 0 Å². The average Bonchev–Trinajstić information content (AvgIpc) is 3.21. The van der Waals surface area contributed by atoms with Crippen molar-refractivity contribution >= 4 is 17.2 Å². The highest BCUT2D eigenvalue weighted by Gasteiger charge is 2.17. The van der Waals surface area contributed by atoms with Crippen molar-refractivity contribution in [3.63, 3.8) is 0 Å². The number of nitriles is 1. The van der Waals surface area contributed by atoms with Gasteiger partial charge < -0.3 is 14.8 Å². The van der Waals surface area contributed by atoms with Gasteiger partial charge in [0, 0.05) is 5.70 Å². The van der Waals surface area contributed by atoms with E-state index < -0.39 is 5.97 Å². The van der Waals surface area contributed by atoms with E-state index in [0.717, 1.165) is 0 Å². The van der Waals surface area contributed by atoms with Gasteiger partial charge >= 0.3 is 5.97 Å². The van der Waals surface area contributed by atoms with E-state index in [0.29, 0.717) is 34.0 Å². The molecule has 164 valence electrons. The van der Waals surface area contributed by atoms with Crippen molar-refractivity contribution in [3.8, 4) is 6.07 Å². The van der Waals surface area contributed by atoms with Crippen LogP contribution in [0.15, 0.2) is 91.2 Å². The molecule has 7 nitrogen and oxygen atoms in total. The van der Waals surface area contributed by atoms with Gasteiger partial charge in [0.05, 0.1) is 29.6 Å². The van der Waals surface area contributed by atoms with Crippen LogP contribution in [0, 0.1) is 11.3 Å². The van der Waals surface area contributed by atoms with E-state index in [2.05, 4.69) is 29.6 Å². The topological polar surface area (TPSA) is 88.6 Å². The quantitative estimate of drug-likeness (QED) is 0.307. The van der Waals surface area contributed by atoms with Crippen LogP contribution in [0.1, 0.15) is 36.8 Å². The monoisotopic (exact) mass is 430 g/mol. The second kappa shape index (κ2) is 11.8. The Labute approximate surface area is 188 Å². The van der Waals surface area contributed by atoms with Crippen LogP contribution in [0.25, 0.3) is 5.52 Å². The Balaban J connectivity index is 2.32. The van der Waals surface area contributed by atoms with E-state index in [1.165, 1.54) is 10.7 Å². The third-order valence-corrected chi connectivity index (χ3v) is 4.18. The number of nitrogens with one attached hydrogen (secondary N) is 1. The third kappa shape index (κ3) is 5.86. The average molecular weight is 431 g/mol. The van der Waals surface area contributed by atoms with E-state index in [9.17, 15) is 10.1 Å². The molecule has 2 aromatic heterocycles. The first-order valence-corrected chi connectivity index (χ1v) is 10.0. The zero-order valence-electron chi connectivity index (χ0n) is 18.5. The van der Waals surface area contributed by atoms with Gasteiger partial charge in [0.1, 0.15) is 17.6 Å². The zero-order valence-corrected chi connectivity index (χ0v) is 18.5. The summed E-state index contributed by atoms with van der Waals surface area (Å²) in [4.78, 5) is 12.2. The molecule has 0 fully saturated rings. The molecule has 7 heteroatoms. The minimum absolute atomic E-state index is 0.255. The number of rotatable bonds is 10. The Morgan fingerprint density at radius 3 is 2.72 bits per heavy atom. The number of ether oxygens (including phenoxy) is 2. The molecule has 0 aliphatic carbocycles. The minimum atomic E-state index is -0.486. The lowest BCUT2D eigenvalue weighted by Gasteiger charge is -2.12. The summed E-state index contributed by atoms with van der Waals surface area (Å²) in [6, 6.07) is 5.45. The number of aromatic nitrogens is 2. The lowest BCUT2D eigenvalue weighted by atomic mass is 10.2. The molecule has 0 amide bonds. The maximum absolute atomic E-state index is 12.2. The molecule has 0 saturated heterocycles. The summed E-state index contributed by atoms with van der Waals surface area (Å²) in [7, 11) is 0. The first kappa shape index (κ1) is 24.0. The maximum Gasteiger partial charge on any atom is 0.356 e. The largest absolute Gasteiger partial charge is 0.461 e. The standard InChI is InChI=1S/C25H26N4O3/c1-6-10-21(11-7-2)32-18(5)12-13-20(8-3)28-24-19(16-26)17-27-29-22(24)14-15-23(29)25(30)31-9-4/h6-8,10-15,17,28H,1,5,9H2,2-4H3/b11-7-,13-12-,20-8+,21-10+. The molecule has 0 spiro atoms. The van der Waals surface area contributed by atoms with Crippen LogP contribution in [-0.4, -0.2) is 22.2 Å². The second-order valence-corrected chi connectivity index (χ2v) is 6.36. The molecule has 2 heterocycles. The van der Waals surface area contributed by atoms with Crippen LogP contribution >= 0.6 is 0 Å². The normalized spacial score (nSPS) is 12.2. The van der Waals surface area contributed by atoms with Crippen molar-refractivity contribution in [2.24, 2.45) is 0 Å². The minimum Gasteiger partial charge on any atom is -0.461 e. The summed E-state index contributed by atoms with van der Waals surface area (Å²) < 4.78 is 12.2. The Morgan fingerprint density at radius 1 is 1.31 bits per heavy atom. The van der Waals surface area contributed by atoms with Gasteiger partial charge in [-0.1, -0.05) is 31.4 Å². The third-order valence-electron chi connectivity index (χ3n) is 4.18. The number of anilines is 1. The smallest absolute Gasteiger partial charge is 0.356 e. The Kier molecular flexibility index (Phi) is 8.81. The first-order chi connectivity index (χ1) is 15.5. The Morgan fingerprint density at radius 2 is 2.09 bits per heavy atom. The van der Waals surface area contributed by atoms with Crippen molar-refractivity contribution < 1.29 is 14.3 Å². The fraction of sp³-hybridized carbons (Fsp3) is 0.160. The highest BCUT2D eigenvalue weighted by Crippen LogP contribution is 2.25. The number of hydrogen-bond donors (Lipinski definition) is 1. The van der Waals surface area contributed by atoms with Gasteiger partial charge in [0.15, 0.2) is 5.69 Å². The second-order valence-electron chi connectivity index (χ2n) is 6.36. The molecular formula is C25H26N4O3. The van der Waals surface area contributed by atoms with Crippen LogP contribution in [0.3, 0.4) is 0 Å². The molecule has 2 aromatic rings. The maximum atomic E-state index is 12.2. The van der Waals surface area contributed by atoms with Gasteiger partial charge in [-0.25, -0.2) is 9.31 Å². The molecule has 2 rings (SSSR count). The van der Waals surface area contributed by atoms with E-state index in [1.807, 2.05) is 26.0 Å². The van der Waals surface area contributed by atoms with Crippen molar-refractivity contribution in [1.29, 1.82) is 5.26 Å². The van der Waals surface area contributed by atoms with Crippen LogP contribution in [0.5, 0.6) is 0 Å². The Bertz CT molecular complexity index is 1170. The predicted octanol–water partition coefficient (Wildman–Crippen LogP) is 5.43. The van der Waals surface area contributed by atoms with Gasteiger partial charge in [-0.15, -0.1) is 0 Å². The lowest BCUT2D eigenvalue weighted by molar-refractivity contribution is 0.0517. The number of allylic oxidation sites excluding steroid dienone is 7. The van der Waals surface area contributed by atoms with Crippen molar-refractivity contribution in [3.05, 3.63) is 102 Å². The zero-order chi connectivity index (χ0) is 23.5. The van der Waals surface area contributed by atoms with Crippen LogP contribution < -0.4 is 5.32 Å². The molecule has 0 aromatic carbocycles. The fourth-order valence-corrected chi connectivity index (χ4v) is 2.76. The molecule has 0 aliphatic heterocycles. The van der Waals surface area contributed by atoms with E-state index in [4.69, 9.17) is 9.47 Å². The summed E-state index contributed by atoms with van der Waals surface area (Å²) in [6.45, 7) is 13.3. The molecule has 0 atom stereocenters. The molecule has 32 heavy (non-hydrogen) atoms. The number of esters is 1. The number of nitrogens with zero attached hydrogens (tertiary/aromatic N) is 3. The van der Waals surface area contributed by atoms with Gasteiger partial charge in [-0.05, 0) is 57.2 Å². The van der Waals surface area contributed by atoms with Gasteiger partial charge in [0.2, 0.25) is 0 Å². The number of fused-ring (bicyclic) bond motifs is 1. The van der Waals surface area contributed by atoms with Crippen molar-refractivity contribution in [2.75, 3.05) is 11.9 Å². The van der Waals surface area contributed by atoms with E-state index in [1.54, 1.807) is 49.4 Å². The van der Waals surface area contributed by atoms with Crippen molar-refractivity contribution in [2.45, 2.75) is 20.8 Å². The van der Waals surface area contributed by atoms with Gasteiger partial charge in [-0.2, -0.15) is 10.4 Å². The lowest BCUT2D eigenvalue weighted by Crippen LogP contribution is -2.11. The number of carbonyl (C=O) groups is 1. The highest BCUT2D eigenvalue weighted by molar-refractivity contribution is 5.91.